The summed E-state index contributed by atoms with van der Waals surface area (Å²) in [5.74, 6) is 0. The molecule has 0 aliphatic carbocycles. The Balaban J connectivity index is 1.38. The van der Waals surface area contributed by atoms with Crippen LogP contribution in [-0.2, 0) is 21.7 Å². The van der Waals surface area contributed by atoms with E-state index in [-0.39, 0.29) is 21.7 Å². The first-order chi connectivity index (χ1) is 29.6. The van der Waals surface area contributed by atoms with Crippen molar-refractivity contribution in [3.63, 3.8) is 0 Å². The van der Waals surface area contributed by atoms with Crippen LogP contribution in [0.3, 0.4) is 0 Å². The number of aromatic nitrogens is 3. The van der Waals surface area contributed by atoms with Gasteiger partial charge in [0.25, 0.3) is 0 Å². The first-order valence-corrected chi connectivity index (χ1v) is 23.9. The van der Waals surface area contributed by atoms with E-state index in [4.69, 9.17) is 0 Å². The number of halogens is 2. The van der Waals surface area contributed by atoms with Gasteiger partial charge in [-0.15, -0.1) is 0 Å². The smallest absolute Gasteiger partial charge is 0.0683 e. The first kappa shape index (κ1) is 41.9. The zero-order valence-corrected chi connectivity index (χ0v) is 41.9. The highest BCUT2D eigenvalue weighted by Crippen LogP contribution is 2.44. The SMILES string of the molecule is CC(C)(C)c1ccc2c(c1)c1cc(C(C)(C)C)ccc1n2-c1cc(-n2c3ccc(C(C)(C)C)cc3c3cc(C(C)(C)C)ccc32)cc(-n2c3c(Br)cccc3c3cccc(Br)c32)c1. The van der Waals surface area contributed by atoms with Crippen molar-refractivity contribution in [2.75, 3.05) is 0 Å². The summed E-state index contributed by atoms with van der Waals surface area (Å²) in [4.78, 5) is 0. The normalized spacial score (nSPS) is 13.2. The maximum atomic E-state index is 4.04. The lowest BCUT2D eigenvalue weighted by Crippen LogP contribution is -2.10. The molecule has 0 bridgehead atoms. The lowest BCUT2D eigenvalue weighted by atomic mass is 9.85. The molecular formula is C58H57Br2N3. The molecule has 0 N–H and O–H groups in total. The molecule has 63 heavy (non-hydrogen) atoms. The predicted molar refractivity (Wildman–Crippen MR) is 280 cm³/mol. The summed E-state index contributed by atoms with van der Waals surface area (Å²) in [5.41, 5.74) is 15.7. The van der Waals surface area contributed by atoms with Crippen LogP contribution in [0.5, 0.6) is 0 Å². The van der Waals surface area contributed by atoms with Gasteiger partial charge >= 0.3 is 0 Å². The van der Waals surface area contributed by atoms with Gasteiger partial charge < -0.3 is 13.7 Å². The van der Waals surface area contributed by atoms with Crippen molar-refractivity contribution in [3.05, 3.63) is 159 Å². The van der Waals surface area contributed by atoms with Crippen molar-refractivity contribution in [2.45, 2.75) is 105 Å². The van der Waals surface area contributed by atoms with Gasteiger partial charge in [0.2, 0.25) is 0 Å². The summed E-state index contributed by atoms with van der Waals surface area (Å²) >= 11 is 8.07. The zero-order chi connectivity index (χ0) is 44.7. The van der Waals surface area contributed by atoms with Gasteiger partial charge in [-0.2, -0.15) is 0 Å². The summed E-state index contributed by atoms with van der Waals surface area (Å²) in [6, 6.07) is 48.9. The monoisotopic (exact) mass is 953 g/mol. The predicted octanol–water partition coefficient (Wildman–Crippen LogP) is 17.7. The molecule has 0 radical (unpaired) electrons. The van der Waals surface area contributed by atoms with Crippen LogP contribution < -0.4 is 0 Å². The van der Waals surface area contributed by atoms with Crippen molar-refractivity contribution < 1.29 is 0 Å². The van der Waals surface area contributed by atoms with Crippen LogP contribution in [0.4, 0.5) is 0 Å². The molecule has 3 heterocycles. The van der Waals surface area contributed by atoms with Gasteiger partial charge in [0.05, 0.1) is 50.2 Å². The van der Waals surface area contributed by atoms with Gasteiger partial charge in [0.15, 0.2) is 0 Å². The highest BCUT2D eigenvalue weighted by atomic mass is 79.9. The Kier molecular flexibility index (Phi) is 9.44. The Morgan fingerprint density at radius 2 is 0.571 bits per heavy atom. The maximum Gasteiger partial charge on any atom is 0.0683 e. The quantitative estimate of drug-likeness (QED) is 0.168. The van der Waals surface area contributed by atoms with Crippen molar-refractivity contribution in [3.8, 4) is 17.1 Å². The fourth-order valence-electron chi connectivity index (χ4n) is 9.73. The Hall–Kier alpha value is -5.10. The molecule has 7 aromatic carbocycles. The van der Waals surface area contributed by atoms with Crippen LogP contribution in [-0.4, -0.2) is 13.7 Å². The second-order valence-electron chi connectivity index (χ2n) is 21.9. The molecule has 0 aliphatic rings. The van der Waals surface area contributed by atoms with Gasteiger partial charge in [-0.3, -0.25) is 0 Å². The minimum atomic E-state index is 0.00485. The average Bonchev–Trinajstić information content (AvgIpc) is 3.85. The summed E-state index contributed by atoms with van der Waals surface area (Å²) in [6.07, 6.45) is 0. The second-order valence-corrected chi connectivity index (χ2v) is 23.6. The molecule has 0 saturated heterocycles. The third-order valence-corrected chi connectivity index (χ3v) is 14.6. The molecule has 10 rings (SSSR count). The third-order valence-electron chi connectivity index (χ3n) is 13.4. The maximum absolute atomic E-state index is 4.04. The first-order valence-electron chi connectivity index (χ1n) is 22.3. The summed E-state index contributed by atoms with van der Waals surface area (Å²) < 4.78 is 9.59. The highest BCUT2D eigenvalue weighted by Gasteiger charge is 2.26. The van der Waals surface area contributed by atoms with E-state index in [9.17, 15) is 0 Å². The highest BCUT2D eigenvalue weighted by molar-refractivity contribution is 9.11. The van der Waals surface area contributed by atoms with Gasteiger partial charge in [0.1, 0.15) is 0 Å². The van der Waals surface area contributed by atoms with Crippen molar-refractivity contribution in [1.29, 1.82) is 0 Å². The van der Waals surface area contributed by atoms with Crippen molar-refractivity contribution in [2.24, 2.45) is 0 Å². The minimum absolute atomic E-state index is 0.00485. The molecule has 318 valence electrons. The molecule has 10 aromatic rings. The second kappa shape index (κ2) is 14.2. The van der Waals surface area contributed by atoms with Crippen LogP contribution >= 0.6 is 31.9 Å². The van der Waals surface area contributed by atoms with Crippen molar-refractivity contribution >= 4 is 97.3 Å². The van der Waals surface area contributed by atoms with Gasteiger partial charge in [-0.25, -0.2) is 0 Å². The van der Waals surface area contributed by atoms with E-state index in [1.54, 1.807) is 0 Å². The van der Waals surface area contributed by atoms with E-state index < -0.39 is 0 Å². The summed E-state index contributed by atoms with van der Waals surface area (Å²) in [6.45, 7) is 27.7. The molecule has 0 aliphatic heterocycles. The number of nitrogens with zero attached hydrogens (tertiary/aromatic N) is 3. The zero-order valence-electron chi connectivity index (χ0n) is 38.7. The molecule has 5 heteroatoms. The van der Waals surface area contributed by atoms with E-state index in [1.165, 1.54) is 76.6 Å². The molecule has 3 nitrogen and oxygen atoms in total. The van der Waals surface area contributed by atoms with E-state index in [1.807, 2.05) is 0 Å². The Labute approximate surface area is 389 Å². The van der Waals surface area contributed by atoms with Crippen LogP contribution in [0.25, 0.3) is 82.5 Å². The number of hydrogen-bond acceptors (Lipinski definition) is 0. The van der Waals surface area contributed by atoms with Crippen LogP contribution in [0.2, 0.25) is 0 Å². The molecular weight excluding hydrogens is 898 g/mol. The van der Waals surface area contributed by atoms with Crippen LogP contribution in [0.1, 0.15) is 105 Å². The third kappa shape index (κ3) is 6.79. The molecule has 0 saturated carbocycles. The molecule has 3 aromatic heterocycles. The lowest BCUT2D eigenvalue weighted by Gasteiger charge is -2.20. The van der Waals surface area contributed by atoms with E-state index in [0.717, 1.165) is 37.0 Å². The van der Waals surface area contributed by atoms with Gasteiger partial charge in [-0.1, -0.05) is 132 Å². The van der Waals surface area contributed by atoms with E-state index in [0.29, 0.717) is 0 Å². The largest absolute Gasteiger partial charge is 0.309 e. The number of benzene rings is 7. The Bertz CT molecular complexity index is 3140. The molecule has 0 unspecified atom stereocenters. The number of fused-ring (bicyclic) bond motifs is 9. The average molecular weight is 956 g/mol. The number of para-hydroxylation sites is 2. The summed E-state index contributed by atoms with van der Waals surface area (Å²) in [5, 5.41) is 7.52. The molecule has 0 amide bonds. The topological polar surface area (TPSA) is 14.8 Å². The fraction of sp³-hybridized carbons (Fsp3) is 0.276. The lowest BCUT2D eigenvalue weighted by molar-refractivity contribution is 0.590. The van der Waals surface area contributed by atoms with Gasteiger partial charge in [0, 0.05) is 41.3 Å². The molecule has 0 atom stereocenters. The standard InChI is InChI=1S/C58H57Br2N3/c1-55(2,3)34-19-23-49-43(27-34)44-28-35(56(4,5)6)20-24-50(44)61(49)38-31-39(33-40(32-38)63-53-41(15-13-17-47(53)59)42-16-14-18-48(60)54(42)63)62-51-25-21-36(57(7,8)9)29-45(51)46-30-37(58(10,11)12)22-26-52(46)62/h13-33H,1-12H3. The Morgan fingerprint density at radius 1 is 0.302 bits per heavy atom. The van der Waals surface area contributed by atoms with Gasteiger partial charge in [-0.05, 0) is 155 Å². The molecule has 0 fully saturated rings. The minimum Gasteiger partial charge on any atom is -0.309 e. The van der Waals surface area contributed by atoms with Crippen LogP contribution in [0.15, 0.2) is 136 Å². The van der Waals surface area contributed by atoms with E-state index >= 15 is 0 Å². The summed E-state index contributed by atoms with van der Waals surface area (Å²) in [7, 11) is 0. The molecule has 0 spiro atoms. The van der Waals surface area contributed by atoms with Crippen molar-refractivity contribution in [1.82, 2.24) is 13.7 Å². The Morgan fingerprint density at radius 3 is 0.841 bits per heavy atom. The number of rotatable bonds is 3. The van der Waals surface area contributed by atoms with Crippen LogP contribution in [0, 0.1) is 0 Å². The fourth-order valence-corrected chi connectivity index (χ4v) is 10.8. The van der Waals surface area contributed by atoms with E-state index in [2.05, 4.69) is 256 Å². The number of hydrogen-bond donors (Lipinski definition) is 0.